The van der Waals surface area contributed by atoms with Crippen LogP contribution in [0.15, 0.2) is 12.4 Å². The first-order chi connectivity index (χ1) is 7.20. The van der Waals surface area contributed by atoms with Crippen molar-refractivity contribution in [3.63, 3.8) is 0 Å². The molecule has 1 fully saturated rings. The van der Waals surface area contributed by atoms with Crippen molar-refractivity contribution in [1.29, 1.82) is 0 Å². The second kappa shape index (κ2) is 4.35. The SMILES string of the molecule is CC1CC(C)CC(n2ccnc2CN)C1. The molecule has 3 heteroatoms. The number of hydrogen-bond acceptors (Lipinski definition) is 2. The van der Waals surface area contributed by atoms with Gasteiger partial charge in [0.2, 0.25) is 0 Å². The van der Waals surface area contributed by atoms with Crippen LogP contribution in [0.1, 0.15) is 45.0 Å². The van der Waals surface area contributed by atoms with Crippen molar-refractivity contribution >= 4 is 0 Å². The molecule has 0 aliphatic heterocycles. The summed E-state index contributed by atoms with van der Waals surface area (Å²) in [6, 6.07) is 0.616. The lowest BCUT2D eigenvalue weighted by Crippen LogP contribution is -2.24. The van der Waals surface area contributed by atoms with E-state index in [9.17, 15) is 0 Å². The van der Waals surface area contributed by atoms with Crippen LogP contribution in [0, 0.1) is 11.8 Å². The summed E-state index contributed by atoms with van der Waals surface area (Å²) >= 11 is 0. The standard InChI is InChI=1S/C12H21N3/c1-9-5-10(2)7-11(6-9)15-4-3-14-12(15)8-13/h3-4,9-11H,5-8,13H2,1-2H3. The zero-order chi connectivity index (χ0) is 10.8. The fourth-order valence-electron chi connectivity index (χ4n) is 2.97. The first kappa shape index (κ1) is 10.7. The third-order valence-electron chi connectivity index (χ3n) is 3.48. The second-order valence-corrected chi connectivity index (χ2v) is 5.03. The molecule has 0 aromatic carbocycles. The minimum atomic E-state index is 0.548. The maximum absolute atomic E-state index is 5.69. The Kier molecular flexibility index (Phi) is 3.10. The topological polar surface area (TPSA) is 43.8 Å². The Hall–Kier alpha value is -0.830. The highest BCUT2D eigenvalue weighted by molar-refractivity contribution is 4.96. The van der Waals surface area contributed by atoms with Crippen molar-refractivity contribution in [3.8, 4) is 0 Å². The summed E-state index contributed by atoms with van der Waals surface area (Å²) in [6.07, 6.45) is 7.86. The quantitative estimate of drug-likeness (QED) is 0.809. The zero-order valence-corrected chi connectivity index (χ0v) is 9.69. The van der Waals surface area contributed by atoms with Crippen LogP contribution >= 0.6 is 0 Å². The molecule has 1 aliphatic carbocycles. The molecule has 1 aromatic heterocycles. The molecule has 2 atom stereocenters. The van der Waals surface area contributed by atoms with E-state index < -0.39 is 0 Å². The zero-order valence-electron chi connectivity index (χ0n) is 9.69. The van der Waals surface area contributed by atoms with Crippen molar-refractivity contribution in [3.05, 3.63) is 18.2 Å². The molecular weight excluding hydrogens is 186 g/mol. The van der Waals surface area contributed by atoms with Gasteiger partial charge in [-0.25, -0.2) is 4.98 Å². The van der Waals surface area contributed by atoms with Crippen molar-refractivity contribution in [2.24, 2.45) is 17.6 Å². The summed E-state index contributed by atoms with van der Waals surface area (Å²) < 4.78 is 2.28. The number of hydrogen-bond donors (Lipinski definition) is 1. The van der Waals surface area contributed by atoms with Crippen LogP contribution in [0.3, 0.4) is 0 Å². The summed E-state index contributed by atoms with van der Waals surface area (Å²) in [6.45, 7) is 5.25. The maximum Gasteiger partial charge on any atom is 0.122 e. The van der Waals surface area contributed by atoms with Crippen LogP contribution in [-0.2, 0) is 6.54 Å². The van der Waals surface area contributed by atoms with E-state index in [1.165, 1.54) is 19.3 Å². The van der Waals surface area contributed by atoms with Gasteiger partial charge in [-0.15, -0.1) is 0 Å². The Morgan fingerprint density at radius 3 is 2.60 bits per heavy atom. The molecular formula is C12H21N3. The van der Waals surface area contributed by atoms with Crippen molar-refractivity contribution < 1.29 is 0 Å². The lowest BCUT2D eigenvalue weighted by molar-refractivity contribution is 0.218. The highest BCUT2D eigenvalue weighted by atomic mass is 15.1. The van der Waals surface area contributed by atoms with E-state index in [1.807, 2.05) is 6.20 Å². The number of nitrogens with two attached hydrogens (primary N) is 1. The van der Waals surface area contributed by atoms with Gasteiger partial charge in [-0.05, 0) is 31.1 Å². The molecule has 0 bridgehead atoms. The number of rotatable bonds is 2. The summed E-state index contributed by atoms with van der Waals surface area (Å²) in [4.78, 5) is 4.30. The Morgan fingerprint density at radius 1 is 1.33 bits per heavy atom. The predicted octanol–water partition coefficient (Wildman–Crippen LogP) is 2.34. The van der Waals surface area contributed by atoms with Crippen LogP contribution < -0.4 is 5.73 Å². The lowest BCUT2D eigenvalue weighted by Gasteiger charge is -2.33. The van der Waals surface area contributed by atoms with E-state index in [-0.39, 0.29) is 0 Å². The molecule has 2 unspecified atom stereocenters. The van der Waals surface area contributed by atoms with Crippen molar-refractivity contribution in [1.82, 2.24) is 9.55 Å². The van der Waals surface area contributed by atoms with Crippen LogP contribution in [0.2, 0.25) is 0 Å². The van der Waals surface area contributed by atoms with Gasteiger partial charge in [-0.2, -0.15) is 0 Å². The number of aromatic nitrogens is 2. The second-order valence-electron chi connectivity index (χ2n) is 5.03. The summed E-state index contributed by atoms with van der Waals surface area (Å²) in [5.74, 6) is 2.68. The minimum absolute atomic E-state index is 0.548. The lowest BCUT2D eigenvalue weighted by atomic mass is 9.80. The van der Waals surface area contributed by atoms with Crippen LogP contribution in [0.4, 0.5) is 0 Å². The molecule has 0 saturated heterocycles. The van der Waals surface area contributed by atoms with Gasteiger partial charge in [0.1, 0.15) is 5.82 Å². The van der Waals surface area contributed by atoms with Gasteiger partial charge in [-0.3, -0.25) is 0 Å². The minimum Gasteiger partial charge on any atom is -0.331 e. The molecule has 1 aromatic rings. The fraction of sp³-hybridized carbons (Fsp3) is 0.750. The van der Waals surface area contributed by atoms with E-state index in [0.29, 0.717) is 12.6 Å². The molecule has 3 nitrogen and oxygen atoms in total. The molecule has 0 amide bonds. The molecule has 0 radical (unpaired) electrons. The molecule has 84 valence electrons. The number of imidazole rings is 1. The molecule has 1 saturated carbocycles. The Morgan fingerprint density at radius 2 is 2.00 bits per heavy atom. The van der Waals surface area contributed by atoms with Gasteiger partial charge in [0.15, 0.2) is 0 Å². The van der Waals surface area contributed by atoms with Gasteiger partial charge in [-0.1, -0.05) is 13.8 Å². The summed E-state index contributed by atoms with van der Waals surface area (Å²) in [5.41, 5.74) is 5.69. The Labute approximate surface area is 91.7 Å². The maximum atomic E-state index is 5.69. The average molecular weight is 207 g/mol. The Balaban J connectivity index is 2.16. The summed E-state index contributed by atoms with van der Waals surface area (Å²) in [7, 11) is 0. The molecule has 1 aliphatic rings. The van der Waals surface area contributed by atoms with Crippen molar-refractivity contribution in [2.75, 3.05) is 0 Å². The van der Waals surface area contributed by atoms with Crippen LogP contribution in [0.5, 0.6) is 0 Å². The highest BCUT2D eigenvalue weighted by Crippen LogP contribution is 2.36. The summed E-state index contributed by atoms with van der Waals surface area (Å²) in [5, 5.41) is 0. The van der Waals surface area contributed by atoms with Gasteiger partial charge >= 0.3 is 0 Å². The largest absolute Gasteiger partial charge is 0.331 e. The van der Waals surface area contributed by atoms with E-state index in [1.54, 1.807) is 0 Å². The first-order valence-electron chi connectivity index (χ1n) is 5.92. The first-order valence-corrected chi connectivity index (χ1v) is 5.92. The molecule has 0 spiro atoms. The molecule has 15 heavy (non-hydrogen) atoms. The fourth-order valence-corrected chi connectivity index (χ4v) is 2.97. The monoisotopic (exact) mass is 207 g/mol. The van der Waals surface area contributed by atoms with E-state index in [0.717, 1.165) is 17.7 Å². The van der Waals surface area contributed by atoms with E-state index in [4.69, 9.17) is 5.73 Å². The predicted molar refractivity (Wildman–Crippen MR) is 61.3 cm³/mol. The van der Waals surface area contributed by atoms with E-state index >= 15 is 0 Å². The molecule has 1 heterocycles. The third kappa shape index (κ3) is 2.23. The van der Waals surface area contributed by atoms with Gasteiger partial charge in [0.05, 0.1) is 6.54 Å². The Bertz CT molecular complexity index is 308. The average Bonchev–Trinajstić information content (AvgIpc) is 2.63. The van der Waals surface area contributed by atoms with Crippen LogP contribution in [0.25, 0.3) is 0 Å². The third-order valence-corrected chi connectivity index (χ3v) is 3.48. The smallest absolute Gasteiger partial charge is 0.122 e. The molecule has 2 N–H and O–H groups in total. The number of nitrogens with zero attached hydrogens (tertiary/aromatic N) is 2. The normalized spacial score (nSPS) is 31.8. The van der Waals surface area contributed by atoms with Crippen LogP contribution in [-0.4, -0.2) is 9.55 Å². The van der Waals surface area contributed by atoms with Gasteiger partial charge in [0.25, 0.3) is 0 Å². The van der Waals surface area contributed by atoms with Crippen molar-refractivity contribution in [2.45, 2.75) is 45.7 Å². The van der Waals surface area contributed by atoms with Gasteiger partial charge in [0, 0.05) is 18.4 Å². The van der Waals surface area contributed by atoms with E-state index in [2.05, 4.69) is 29.6 Å². The highest BCUT2D eigenvalue weighted by Gasteiger charge is 2.25. The van der Waals surface area contributed by atoms with Gasteiger partial charge < -0.3 is 10.3 Å². The molecule has 2 rings (SSSR count).